The minimum Gasteiger partial charge on any atom is -0.493 e. The van der Waals surface area contributed by atoms with Crippen molar-refractivity contribution in [1.29, 1.82) is 0 Å². The first-order valence-electron chi connectivity index (χ1n) is 8.67. The SMILES string of the molecule is COc1ccc(S(=O)(=O)NCc2ccc(N3CCOCC3)cc2)cc1OC. The lowest BCUT2D eigenvalue weighted by molar-refractivity contribution is 0.122. The zero-order chi connectivity index (χ0) is 19.3. The summed E-state index contributed by atoms with van der Waals surface area (Å²) in [5.41, 5.74) is 2.00. The van der Waals surface area contributed by atoms with Gasteiger partial charge < -0.3 is 19.1 Å². The zero-order valence-electron chi connectivity index (χ0n) is 15.5. The quantitative estimate of drug-likeness (QED) is 0.777. The molecule has 1 saturated heterocycles. The molecule has 27 heavy (non-hydrogen) atoms. The van der Waals surface area contributed by atoms with E-state index in [1.807, 2.05) is 24.3 Å². The van der Waals surface area contributed by atoms with Crippen molar-refractivity contribution in [3.05, 3.63) is 48.0 Å². The Kier molecular flexibility index (Phi) is 6.20. The van der Waals surface area contributed by atoms with E-state index in [2.05, 4.69) is 9.62 Å². The van der Waals surface area contributed by atoms with Crippen LogP contribution in [0.25, 0.3) is 0 Å². The van der Waals surface area contributed by atoms with Crippen LogP contribution in [0.1, 0.15) is 5.56 Å². The van der Waals surface area contributed by atoms with Crippen LogP contribution in [0, 0.1) is 0 Å². The number of nitrogens with one attached hydrogen (secondary N) is 1. The molecule has 0 saturated carbocycles. The monoisotopic (exact) mass is 392 g/mol. The number of hydrogen-bond acceptors (Lipinski definition) is 6. The summed E-state index contributed by atoms with van der Waals surface area (Å²) >= 11 is 0. The van der Waals surface area contributed by atoms with E-state index in [-0.39, 0.29) is 11.4 Å². The summed E-state index contributed by atoms with van der Waals surface area (Å²) in [5, 5.41) is 0. The fraction of sp³-hybridized carbons (Fsp3) is 0.368. The van der Waals surface area contributed by atoms with E-state index in [9.17, 15) is 8.42 Å². The number of ether oxygens (including phenoxy) is 3. The van der Waals surface area contributed by atoms with Crippen LogP contribution < -0.4 is 19.1 Å². The van der Waals surface area contributed by atoms with E-state index in [0.717, 1.165) is 37.6 Å². The van der Waals surface area contributed by atoms with Gasteiger partial charge in [-0.25, -0.2) is 13.1 Å². The third-order valence-electron chi connectivity index (χ3n) is 4.44. The molecule has 2 aromatic carbocycles. The van der Waals surface area contributed by atoms with Gasteiger partial charge in [-0.05, 0) is 29.8 Å². The molecular weight excluding hydrogens is 368 g/mol. The molecule has 1 aliphatic rings. The first kappa shape index (κ1) is 19.5. The largest absolute Gasteiger partial charge is 0.493 e. The van der Waals surface area contributed by atoms with Gasteiger partial charge in [-0.1, -0.05) is 12.1 Å². The van der Waals surface area contributed by atoms with Gasteiger partial charge in [-0.15, -0.1) is 0 Å². The molecule has 0 spiro atoms. The lowest BCUT2D eigenvalue weighted by Crippen LogP contribution is -2.36. The summed E-state index contributed by atoms with van der Waals surface area (Å²) in [6, 6.07) is 12.4. The van der Waals surface area contributed by atoms with Crippen molar-refractivity contribution in [3.63, 3.8) is 0 Å². The lowest BCUT2D eigenvalue weighted by atomic mass is 10.2. The Morgan fingerprint density at radius 1 is 1.00 bits per heavy atom. The van der Waals surface area contributed by atoms with Gasteiger partial charge in [0.1, 0.15) is 0 Å². The first-order valence-corrected chi connectivity index (χ1v) is 10.1. The summed E-state index contributed by atoms with van der Waals surface area (Å²) in [7, 11) is -0.684. The van der Waals surface area contributed by atoms with Crippen molar-refractivity contribution in [2.24, 2.45) is 0 Å². The molecule has 1 N–H and O–H groups in total. The van der Waals surface area contributed by atoms with Crippen LogP contribution in [0.3, 0.4) is 0 Å². The first-order chi connectivity index (χ1) is 13.0. The summed E-state index contributed by atoms with van der Waals surface area (Å²) < 4.78 is 43.4. The van der Waals surface area contributed by atoms with Gasteiger partial charge in [0.05, 0.1) is 32.3 Å². The summed E-state index contributed by atoms with van der Waals surface area (Å²) in [6.07, 6.45) is 0. The molecule has 1 heterocycles. The third-order valence-corrected chi connectivity index (χ3v) is 5.84. The number of sulfonamides is 1. The Morgan fingerprint density at radius 2 is 1.67 bits per heavy atom. The second kappa shape index (κ2) is 8.60. The molecule has 1 aliphatic heterocycles. The van der Waals surface area contributed by atoms with Gasteiger partial charge in [0.25, 0.3) is 0 Å². The smallest absolute Gasteiger partial charge is 0.241 e. The molecule has 0 radical (unpaired) electrons. The molecule has 0 bridgehead atoms. The number of anilines is 1. The zero-order valence-corrected chi connectivity index (χ0v) is 16.3. The van der Waals surface area contributed by atoms with Crippen molar-refractivity contribution in [2.75, 3.05) is 45.4 Å². The van der Waals surface area contributed by atoms with Gasteiger partial charge >= 0.3 is 0 Å². The van der Waals surface area contributed by atoms with Crippen LogP contribution in [0.5, 0.6) is 11.5 Å². The molecule has 0 aromatic heterocycles. The molecule has 0 amide bonds. The van der Waals surface area contributed by atoms with Crippen molar-refractivity contribution in [3.8, 4) is 11.5 Å². The van der Waals surface area contributed by atoms with Gasteiger partial charge in [-0.3, -0.25) is 0 Å². The predicted molar refractivity (Wildman–Crippen MR) is 103 cm³/mol. The Hall–Kier alpha value is -2.29. The molecular formula is C19H24N2O5S. The van der Waals surface area contributed by atoms with Crippen LogP contribution in [0.2, 0.25) is 0 Å². The average Bonchev–Trinajstić information content (AvgIpc) is 2.72. The topological polar surface area (TPSA) is 77.1 Å². The van der Waals surface area contributed by atoms with Gasteiger partial charge in [0, 0.05) is 31.4 Å². The van der Waals surface area contributed by atoms with E-state index in [4.69, 9.17) is 14.2 Å². The van der Waals surface area contributed by atoms with Gasteiger partial charge in [0.2, 0.25) is 10.0 Å². The molecule has 0 aliphatic carbocycles. The van der Waals surface area contributed by atoms with Crippen LogP contribution in [0.15, 0.2) is 47.4 Å². The highest BCUT2D eigenvalue weighted by Crippen LogP contribution is 2.29. The number of benzene rings is 2. The Morgan fingerprint density at radius 3 is 2.30 bits per heavy atom. The highest BCUT2D eigenvalue weighted by Gasteiger charge is 2.17. The Labute approximate surface area is 159 Å². The summed E-state index contributed by atoms with van der Waals surface area (Å²) in [4.78, 5) is 2.38. The minimum atomic E-state index is -3.66. The maximum atomic E-state index is 12.6. The van der Waals surface area contributed by atoms with Crippen LogP contribution in [-0.4, -0.2) is 48.9 Å². The van der Waals surface area contributed by atoms with Gasteiger partial charge in [-0.2, -0.15) is 0 Å². The van der Waals surface area contributed by atoms with E-state index in [1.54, 1.807) is 6.07 Å². The lowest BCUT2D eigenvalue weighted by Gasteiger charge is -2.28. The fourth-order valence-electron chi connectivity index (χ4n) is 2.89. The van der Waals surface area contributed by atoms with E-state index in [0.29, 0.717) is 11.5 Å². The number of hydrogen-bond donors (Lipinski definition) is 1. The van der Waals surface area contributed by atoms with Crippen molar-refractivity contribution >= 4 is 15.7 Å². The standard InChI is InChI=1S/C19H24N2O5S/c1-24-18-8-7-17(13-19(18)25-2)27(22,23)20-14-15-3-5-16(6-4-15)21-9-11-26-12-10-21/h3-8,13,20H,9-12,14H2,1-2H3. The molecule has 0 atom stereocenters. The summed E-state index contributed by atoms with van der Waals surface area (Å²) in [5.74, 6) is 0.852. The van der Waals surface area contributed by atoms with Crippen molar-refractivity contribution in [2.45, 2.75) is 11.4 Å². The number of rotatable bonds is 7. The van der Waals surface area contributed by atoms with E-state index >= 15 is 0 Å². The molecule has 7 nitrogen and oxygen atoms in total. The van der Waals surface area contributed by atoms with Crippen molar-refractivity contribution in [1.82, 2.24) is 4.72 Å². The third kappa shape index (κ3) is 4.71. The molecule has 3 rings (SSSR count). The molecule has 1 fully saturated rings. The molecule has 8 heteroatoms. The summed E-state index contributed by atoms with van der Waals surface area (Å²) in [6.45, 7) is 3.40. The number of nitrogens with zero attached hydrogens (tertiary/aromatic N) is 1. The van der Waals surface area contributed by atoms with E-state index in [1.165, 1.54) is 26.4 Å². The second-order valence-electron chi connectivity index (χ2n) is 6.11. The predicted octanol–water partition coefficient (Wildman–Crippen LogP) is 2.02. The fourth-order valence-corrected chi connectivity index (χ4v) is 3.92. The highest BCUT2D eigenvalue weighted by molar-refractivity contribution is 7.89. The normalized spacial score (nSPS) is 14.8. The average molecular weight is 392 g/mol. The highest BCUT2D eigenvalue weighted by atomic mass is 32.2. The molecule has 0 unspecified atom stereocenters. The molecule has 2 aromatic rings. The van der Waals surface area contributed by atoms with Gasteiger partial charge in [0.15, 0.2) is 11.5 Å². The second-order valence-corrected chi connectivity index (χ2v) is 7.87. The molecule has 146 valence electrons. The Bertz CT molecular complexity index is 862. The van der Waals surface area contributed by atoms with Crippen LogP contribution in [0.4, 0.5) is 5.69 Å². The van der Waals surface area contributed by atoms with Crippen molar-refractivity contribution < 1.29 is 22.6 Å². The maximum Gasteiger partial charge on any atom is 0.241 e. The van der Waals surface area contributed by atoms with E-state index < -0.39 is 10.0 Å². The maximum absolute atomic E-state index is 12.6. The number of methoxy groups -OCH3 is 2. The Balaban J connectivity index is 1.66. The van der Waals surface area contributed by atoms with Crippen LogP contribution in [-0.2, 0) is 21.3 Å². The van der Waals surface area contributed by atoms with Crippen LogP contribution >= 0.6 is 0 Å². The number of morpholine rings is 1. The minimum absolute atomic E-state index is 0.130.